The lowest BCUT2D eigenvalue weighted by molar-refractivity contribution is -0.272. The van der Waals surface area contributed by atoms with Gasteiger partial charge < -0.3 is 10.5 Å². The fourth-order valence-corrected chi connectivity index (χ4v) is 1.61. The fourth-order valence-electron chi connectivity index (χ4n) is 1.61. The zero-order chi connectivity index (χ0) is 15.1. The Balaban J connectivity index is 1.95. The molecule has 0 spiro atoms. The van der Waals surface area contributed by atoms with Crippen LogP contribution in [0.15, 0.2) is 24.3 Å². The van der Waals surface area contributed by atoms with Crippen LogP contribution in [0.2, 0.25) is 0 Å². The first-order valence-electron chi connectivity index (χ1n) is 6.61. The van der Waals surface area contributed by atoms with Crippen LogP contribution in [0.1, 0.15) is 18.9 Å². The summed E-state index contributed by atoms with van der Waals surface area (Å²) >= 11 is 0. The number of nitrogens with two attached hydrogens (primary N) is 1. The van der Waals surface area contributed by atoms with Gasteiger partial charge in [0.25, 0.3) is 0 Å². The van der Waals surface area contributed by atoms with Gasteiger partial charge in [-0.2, -0.15) is 0 Å². The Morgan fingerprint density at radius 2 is 2.05 bits per heavy atom. The monoisotopic (exact) mass is 293 g/mol. The van der Waals surface area contributed by atoms with Crippen molar-refractivity contribution in [2.75, 3.05) is 24.9 Å². The van der Waals surface area contributed by atoms with Crippen molar-refractivity contribution in [2.45, 2.75) is 19.9 Å². The Bertz CT molecular complexity index is 555. The van der Waals surface area contributed by atoms with Crippen LogP contribution in [-0.2, 0) is 16.4 Å². The molecule has 114 valence electrons. The molecule has 1 aromatic heterocycles. The van der Waals surface area contributed by atoms with E-state index < -0.39 is 0 Å². The number of methoxy groups -OCH3 is 1. The molecule has 0 fully saturated rings. The molecule has 0 aliphatic rings. The zero-order valence-electron chi connectivity index (χ0n) is 12.1. The summed E-state index contributed by atoms with van der Waals surface area (Å²) < 4.78 is 6.67. The molecule has 3 N–H and O–H groups in total. The van der Waals surface area contributed by atoms with Crippen LogP contribution in [0.25, 0.3) is 0 Å². The Kier molecular flexibility index (Phi) is 5.35. The van der Waals surface area contributed by atoms with Gasteiger partial charge in [-0.3, -0.25) is 0 Å². The number of hydrogen-bond acceptors (Lipinski definition) is 7. The highest BCUT2D eigenvalue weighted by molar-refractivity contribution is 5.54. The highest BCUT2D eigenvalue weighted by Gasteiger charge is 2.10. The molecule has 2 aromatic rings. The molecule has 0 amide bonds. The van der Waals surface area contributed by atoms with Crippen molar-refractivity contribution >= 4 is 11.6 Å². The van der Waals surface area contributed by atoms with Gasteiger partial charge in [-0.1, -0.05) is 24.3 Å². The van der Waals surface area contributed by atoms with Crippen LogP contribution >= 0.6 is 0 Å². The fraction of sp³-hybridized carbons (Fsp3) is 0.385. The standard InChI is InChI=1S/C13H19N5O3/c1-3-8-20-21-16-13-12(14)18(17-15-13)9-10-4-6-11(19-2)7-5-10/h4-7,16H,3,8-9,14H2,1-2H3. The van der Waals surface area contributed by atoms with Gasteiger partial charge >= 0.3 is 0 Å². The van der Waals surface area contributed by atoms with E-state index in [0.717, 1.165) is 17.7 Å². The third-order valence-corrected chi connectivity index (χ3v) is 2.75. The number of anilines is 2. The van der Waals surface area contributed by atoms with Crippen LogP contribution in [0, 0.1) is 0 Å². The minimum absolute atomic E-state index is 0.319. The van der Waals surface area contributed by atoms with Crippen molar-refractivity contribution in [3.05, 3.63) is 29.8 Å². The predicted molar refractivity (Wildman–Crippen MR) is 77.5 cm³/mol. The minimum atomic E-state index is 0.319. The molecule has 0 radical (unpaired) electrons. The molecule has 0 atom stereocenters. The lowest BCUT2D eigenvalue weighted by atomic mass is 10.2. The molecule has 0 bridgehead atoms. The zero-order valence-corrected chi connectivity index (χ0v) is 12.1. The van der Waals surface area contributed by atoms with Crippen molar-refractivity contribution in [1.82, 2.24) is 15.0 Å². The van der Waals surface area contributed by atoms with E-state index in [2.05, 4.69) is 15.8 Å². The van der Waals surface area contributed by atoms with Crippen molar-refractivity contribution in [3.8, 4) is 5.75 Å². The molecule has 8 heteroatoms. The van der Waals surface area contributed by atoms with Crippen molar-refractivity contribution in [1.29, 1.82) is 0 Å². The van der Waals surface area contributed by atoms with Crippen LogP contribution in [0.4, 0.5) is 11.6 Å². The number of hydrogen-bond donors (Lipinski definition) is 2. The summed E-state index contributed by atoms with van der Waals surface area (Å²) in [6.07, 6.45) is 0.849. The number of benzene rings is 1. The number of nitrogens with zero attached hydrogens (tertiary/aromatic N) is 3. The second-order valence-corrected chi connectivity index (χ2v) is 4.34. The van der Waals surface area contributed by atoms with E-state index in [1.54, 1.807) is 11.8 Å². The lowest BCUT2D eigenvalue weighted by Crippen LogP contribution is -2.08. The van der Waals surface area contributed by atoms with Gasteiger partial charge in [0.05, 0.1) is 20.3 Å². The average molecular weight is 293 g/mol. The molecular weight excluding hydrogens is 274 g/mol. The highest BCUT2D eigenvalue weighted by atomic mass is 17.3. The lowest BCUT2D eigenvalue weighted by Gasteiger charge is -2.06. The van der Waals surface area contributed by atoms with E-state index >= 15 is 0 Å². The topological polar surface area (TPSA) is 96.5 Å². The number of nitrogens with one attached hydrogen (secondary N) is 1. The summed E-state index contributed by atoms with van der Waals surface area (Å²) in [6, 6.07) is 7.63. The maximum Gasteiger partial charge on any atom is 0.218 e. The number of ether oxygens (including phenoxy) is 1. The Morgan fingerprint density at radius 3 is 2.71 bits per heavy atom. The van der Waals surface area contributed by atoms with Crippen LogP contribution in [0.5, 0.6) is 5.75 Å². The Hall–Kier alpha value is -2.32. The van der Waals surface area contributed by atoms with Gasteiger partial charge in [-0.15, -0.1) is 10.1 Å². The second kappa shape index (κ2) is 7.46. The second-order valence-electron chi connectivity index (χ2n) is 4.34. The molecule has 0 aliphatic carbocycles. The quantitative estimate of drug-likeness (QED) is 0.433. The van der Waals surface area contributed by atoms with Crippen LogP contribution in [-0.4, -0.2) is 28.7 Å². The van der Waals surface area contributed by atoms with E-state index in [1.165, 1.54) is 0 Å². The van der Waals surface area contributed by atoms with Gasteiger partial charge in [0, 0.05) is 0 Å². The first kappa shape index (κ1) is 15.1. The maximum absolute atomic E-state index is 5.94. The smallest absolute Gasteiger partial charge is 0.218 e. The van der Waals surface area contributed by atoms with Crippen molar-refractivity contribution < 1.29 is 14.6 Å². The molecule has 0 saturated heterocycles. The van der Waals surface area contributed by atoms with Gasteiger partial charge in [0.2, 0.25) is 5.82 Å². The highest BCUT2D eigenvalue weighted by Crippen LogP contribution is 2.17. The van der Waals surface area contributed by atoms with Gasteiger partial charge in [0.15, 0.2) is 5.82 Å². The van der Waals surface area contributed by atoms with E-state index in [0.29, 0.717) is 24.8 Å². The number of nitrogen functional groups attached to an aromatic ring is 1. The van der Waals surface area contributed by atoms with Crippen molar-refractivity contribution in [2.24, 2.45) is 0 Å². The van der Waals surface area contributed by atoms with Gasteiger partial charge in [0.1, 0.15) is 5.75 Å². The summed E-state index contributed by atoms with van der Waals surface area (Å²) in [4.78, 5) is 9.61. The van der Waals surface area contributed by atoms with Crippen molar-refractivity contribution in [3.63, 3.8) is 0 Å². The third kappa shape index (κ3) is 4.07. The first-order chi connectivity index (χ1) is 10.2. The molecule has 0 aliphatic heterocycles. The first-order valence-corrected chi connectivity index (χ1v) is 6.61. The molecule has 2 rings (SSSR count). The summed E-state index contributed by atoms with van der Waals surface area (Å²) in [7, 11) is 1.63. The summed E-state index contributed by atoms with van der Waals surface area (Å²) in [5.41, 5.74) is 9.48. The van der Waals surface area contributed by atoms with Crippen LogP contribution in [0.3, 0.4) is 0 Å². The van der Waals surface area contributed by atoms with Gasteiger partial charge in [-0.05, 0) is 24.1 Å². The van der Waals surface area contributed by atoms with E-state index in [4.69, 9.17) is 20.3 Å². The molecule has 8 nitrogen and oxygen atoms in total. The number of rotatable bonds is 8. The maximum atomic E-state index is 5.94. The molecule has 0 unspecified atom stereocenters. The normalized spacial score (nSPS) is 10.6. The Morgan fingerprint density at radius 1 is 1.29 bits per heavy atom. The summed E-state index contributed by atoms with van der Waals surface area (Å²) in [5, 5.41) is 7.86. The average Bonchev–Trinajstić information content (AvgIpc) is 2.85. The van der Waals surface area contributed by atoms with Gasteiger partial charge in [-0.25, -0.2) is 15.0 Å². The largest absolute Gasteiger partial charge is 0.497 e. The molecular formula is C13H19N5O3. The minimum Gasteiger partial charge on any atom is -0.497 e. The Labute approximate surface area is 122 Å². The molecule has 1 aromatic carbocycles. The van der Waals surface area contributed by atoms with E-state index in [1.807, 2.05) is 31.2 Å². The third-order valence-electron chi connectivity index (χ3n) is 2.75. The predicted octanol–water partition coefficient (Wildman–Crippen LogP) is 1.60. The summed E-state index contributed by atoms with van der Waals surface area (Å²) in [6.45, 7) is 2.95. The SMILES string of the molecule is CCCOONc1nnn(Cc2ccc(OC)cc2)c1N. The summed E-state index contributed by atoms with van der Waals surface area (Å²) in [5.74, 6) is 1.49. The number of aromatic nitrogens is 3. The van der Waals surface area contributed by atoms with E-state index in [9.17, 15) is 0 Å². The molecule has 21 heavy (non-hydrogen) atoms. The molecule has 0 saturated carbocycles. The van der Waals surface area contributed by atoms with E-state index in [-0.39, 0.29) is 0 Å². The van der Waals surface area contributed by atoms with Crippen LogP contribution < -0.4 is 16.0 Å². The molecule has 1 heterocycles.